The molecule has 154 valence electrons. The molecule has 2 rings (SSSR count). The summed E-state index contributed by atoms with van der Waals surface area (Å²) in [4.78, 5) is 0. The molecule has 0 saturated heterocycles. The van der Waals surface area contributed by atoms with Crippen LogP contribution in [0.3, 0.4) is 0 Å². The van der Waals surface area contributed by atoms with Crippen LogP contribution in [0.1, 0.15) is 123 Å². The van der Waals surface area contributed by atoms with E-state index in [0.29, 0.717) is 0 Å². The number of H-pyrrole nitrogens is 1. The molecule has 0 fully saturated rings. The molecule has 0 aliphatic heterocycles. The number of unbranched alkanes of at least 4 members (excludes halogenated alkanes) is 12. The average Bonchev–Trinajstić information content (AvgIpc) is 3.20. The van der Waals surface area contributed by atoms with Gasteiger partial charge >= 0.3 is 0 Å². The molecule has 4 nitrogen and oxygen atoms in total. The van der Waals surface area contributed by atoms with Crippen molar-refractivity contribution in [3.8, 4) is 0 Å². The van der Waals surface area contributed by atoms with Crippen molar-refractivity contribution in [1.82, 2.24) is 19.8 Å². The van der Waals surface area contributed by atoms with Crippen LogP contribution >= 0.6 is 0 Å². The first-order chi connectivity index (χ1) is 13.0. The van der Waals surface area contributed by atoms with Gasteiger partial charge in [0.2, 0.25) is 0 Å². The minimum atomic E-state index is 0.0830. The minimum Gasteiger partial charge on any atom is -0.259 e. The van der Waals surface area contributed by atoms with Crippen LogP contribution in [0.15, 0.2) is 6.07 Å². The number of nitrogens with one attached hydrogen (secondary N) is 1. The van der Waals surface area contributed by atoms with E-state index in [2.05, 4.69) is 44.0 Å². The van der Waals surface area contributed by atoms with E-state index in [0.717, 1.165) is 23.6 Å². The molecule has 0 aromatic carbocycles. The quantitative estimate of drug-likeness (QED) is 0.362. The molecule has 0 saturated carbocycles. The van der Waals surface area contributed by atoms with E-state index in [9.17, 15) is 0 Å². The molecule has 0 radical (unpaired) electrons. The number of fused-ring (bicyclic) bond motifs is 1. The Hall–Kier alpha value is -1.32. The standard InChI is InChI=1S/C23H42N4/c1-5-6-7-8-9-10-11-12-13-14-15-16-17-18-21-24-25-22-19-20(23(2,3)4)26-27(21)22/h19,25H,5-18H2,1-4H3. The highest BCUT2D eigenvalue weighted by Crippen LogP contribution is 2.22. The summed E-state index contributed by atoms with van der Waals surface area (Å²) in [5, 5.41) is 12.3. The molecule has 0 bridgehead atoms. The third-order valence-electron chi connectivity index (χ3n) is 5.53. The zero-order valence-corrected chi connectivity index (χ0v) is 18.3. The summed E-state index contributed by atoms with van der Waals surface area (Å²) in [6, 6.07) is 2.13. The maximum Gasteiger partial charge on any atom is 0.152 e. The van der Waals surface area contributed by atoms with Crippen molar-refractivity contribution in [2.24, 2.45) is 0 Å². The Morgan fingerprint density at radius 3 is 1.85 bits per heavy atom. The zero-order chi connectivity index (χ0) is 19.5. The molecule has 2 aromatic heterocycles. The van der Waals surface area contributed by atoms with Gasteiger partial charge in [-0.2, -0.15) is 14.7 Å². The fraction of sp³-hybridized carbons (Fsp3) is 0.826. The number of aromatic amines is 1. The van der Waals surface area contributed by atoms with Gasteiger partial charge in [0.15, 0.2) is 11.5 Å². The summed E-state index contributed by atoms with van der Waals surface area (Å²) in [5.74, 6) is 1.07. The number of rotatable bonds is 14. The molecule has 2 aromatic rings. The van der Waals surface area contributed by atoms with E-state index >= 15 is 0 Å². The maximum atomic E-state index is 4.75. The predicted molar refractivity (Wildman–Crippen MR) is 115 cm³/mol. The smallest absolute Gasteiger partial charge is 0.152 e. The third kappa shape index (κ3) is 7.67. The number of aryl methyl sites for hydroxylation is 1. The van der Waals surface area contributed by atoms with Crippen molar-refractivity contribution in [3.63, 3.8) is 0 Å². The third-order valence-corrected chi connectivity index (χ3v) is 5.53. The zero-order valence-electron chi connectivity index (χ0n) is 18.3. The van der Waals surface area contributed by atoms with Gasteiger partial charge in [0, 0.05) is 17.9 Å². The Balaban J connectivity index is 1.51. The van der Waals surface area contributed by atoms with E-state index in [1.165, 1.54) is 83.5 Å². The predicted octanol–water partition coefficient (Wildman–Crippen LogP) is 6.99. The van der Waals surface area contributed by atoms with Crippen molar-refractivity contribution >= 4 is 5.65 Å². The Labute approximate surface area is 166 Å². The van der Waals surface area contributed by atoms with E-state index < -0.39 is 0 Å². The summed E-state index contributed by atoms with van der Waals surface area (Å²) in [6.07, 6.45) is 19.1. The lowest BCUT2D eigenvalue weighted by atomic mass is 9.93. The number of nitrogens with zero attached hydrogens (tertiary/aromatic N) is 3. The Morgan fingerprint density at radius 1 is 0.815 bits per heavy atom. The van der Waals surface area contributed by atoms with Gasteiger partial charge in [-0.15, -0.1) is 0 Å². The molecule has 27 heavy (non-hydrogen) atoms. The van der Waals surface area contributed by atoms with Crippen LogP contribution in [0.2, 0.25) is 0 Å². The van der Waals surface area contributed by atoms with E-state index in [4.69, 9.17) is 5.10 Å². The van der Waals surface area contributed by atoms with Gasteiger partial charge in [0.1, 0.15) is 0 Å². The first-order valence-electron chi connectivity index (χ1n) is 11.5. The molecule has 4 heteroatoms. The molecule has 0 amide bonds. The van der Waals surface area contributed by atoms with Gasteiger partial charge in [0.05, 0.1) is 5.69 Å². The molecular weight excluding hydrogens is 332 g/mol. The van der Waals surface area contributed by atoms with Crippen molar-refractivity contribution < 1.29 is 0 Å². The van der Waals surface area contributed by atoms with Crippen LogP contribution in [0.4, 0.5) is 0 Å². The van der Waals surface area contributed by atoms with Crippen molar-refractivity contribution in [2.45, 2.75) is 123 Å². The van der Waals surface area contributed by atoms with E-state index in [1.807, 2.05) is 4.52 Å². The maximum absolute atomic E-state index is 4.75. The normalized spacial score (nSPS) is 12.3. The second kappa shape index (κ2) is 11.5. The summed E-state index contributed by atoms with van der Waals surface area (Å²) >= 11 is 0. The SMILES string of the molecule is CCCCCCCCCCCCCCCc1n[nH]c2cc(C(C)(C)C)nn12. The van der Waals surface area contributed by atoms with Gasteiger partial charge in [-0.3, -0.25) is 5.10 Å². The van der Waals surface area contributed by atoms with Crippen LogP contribution in [0, 0.1) is 0 Å². The second-order valence-corrected chi connectivity index (χ2v) is 9.21. The van der Waals surface area contributed by atoms with Crippen LogP contribution in [0.5, 0.6) is 0 Å². The van der Waals surface area contributed by atoms with Crippen molar-refractivity contribution in [3.05, 3.63) is 17.6 Å². The Morgan fingerprint density at radius 2 is 1.33 bits per heavy atom. The van der Waals surface area contributed by atoms with Gasteiger partial charge in [0.25, 0.3) is 0 Å². The van der Waals surface area contributed by atoms with Crippen LogP contribution < -0.4 is 0 Å². The summed E-state index contributed by atoms with van der Waals surface area (Å²) < 4.78 is 2.00. The summed E-state index contributed by atoms with van der Waals surface area (Å²) in [6.45, 7) is 8.90. The molecule has 1 N–H and O–H groups in total. The molecule has 0 aliphatic rings. The highest BCUT2D eigenvalue weighted by Gasteiger charge is 2.19. The molecular formula is C23H42N4. The van der Waals surface area contributed by atoms with Gasteiger partial charge < -0.3 is 0 Å². The van der Waals surface area contributed by atoms with Crippen LogP contribution in [-0.4, -0.2) is 19.8 Å². The second-order valence-electron chi connectivity index (χ2n) is 9.21. The lowest BCUT2D eigenvalue weighted by Gasteiger charge is -2.13. The largest absolute Gasteiger partial charge is 0.259 e. The van der Waals surface area contributed by atoms with Gasteiger partial charge in [-0.25, -0.2) is 0 Å². The van der Waals surface area contributed by atoms with E-state index in [-0.39, 0.29) is 5.41 Å². The number of aromatic nitrogens is 4. The Bertz CT molecular complexity index is 632. The molecule has 0 aliphatic carbocycles. The molecule has 0 atom stereocenters. The van der Waals surface area contributed by atoms with Crippen molar-refractivity contribution in [1.29, 1.82) is 0 Å². The minimum absolute atomic E-state index is 0.0830. The highest BCUT2D eigenvalue weighted by atomic mass is 15.4. The fourth-order valence-corrected chi connectivity index (χ4v) is 3.66. The lowest BCUT2D eigenvalue weighted by molar-refractivity contribution is 0.536. The molecule has 0 unspecified atom stereocenters. The van der Waals surface area contributed by atoms with Gasteiger partial charge in [-0.1, -0.05) is 105 Å². The first kappa shape index (κ1) is 22.0. The van der Waals surface area contributed by atoms with Crippen LogP contribution in [0.25, 0.3) is 5.65 Å². The summed E-state index contributed by atoms with van der Waals surface area (Å²) in [5.41, 5.74) is 2.23. The average molecular weight is 375 g/mol. The number of hydrogen-bond donors (Lipinski definition) is 1. The highest BCUT2D eigenvalue weighted by molar-refractivity contribution is 5.40. The van der Waals surface area contributed by atoms with Crippen molar-refractivity contribution in [2.75, 3.05) is 0 Å². The Kier molecular flexibility index (Phi) is 9.36. The summed E-state index contributed by atoms with van der Waals surface area (Å²) in [7, 11) is 0. The van der Waals surface area contributed by atoms with Gasteiger partial charge in [-0.05, 0) is 6.42 Å². The number of hydrogen-bond acceptors (Lipinski definition) is 2. The first-order valence-corrected chi connectivity index (χ1v) is 11.5. The monoisotopic (exact) mass is 374 g/mol. The van der Waals surface area contributed by atoms with Crippen LogP contribution in [-0.2, 0) is 11.8 Å². The lowest BCUT2D eigenvalue weighted by Crippen LogP contribution is -2.12. The fourth-order valence-electron chi connectivity index (χ4n) is 3.66. The molecule has 0 spiro atoms. The van der Waals surface area contributed by atoms with E-state index in [1.54, 1.807) is 0 Å². The topological polar surface area (TPSA) is 46.0 Å². The molecule has 2 heterocycles.